The van der Waals surface area contributed by atoms with Crippen molar-refractivity contribution in [2.45, 2.75) is 123 Å². The van der Waals surface area contributed by atoms with Gasteiger partial charge >= 0.3 is 0 Å². The molecule has 12 atom stereocenters. The molecule has 2 heterocycles. The van der Waals surface area contributed by atoms with E-state index in [1.54, 1.807) is 5.57 Å². The maximum Gasteiger partial charge on any atom is 0.0765 e. The molecule has 2 aliphatic heterocycles. The summed E-state index contributed by atoms with van der Waals surface area (Å²) in [6.07, 6.45) is 13.7. The highest BCUT2D eigenvalue weighted by molar-refractivity contribution is 7.13. The van der Waals surface area contributed by atoms with Gasteiger partial charge in [0.1, 0.15) is 0 Å². The Kier molecular flexibility index (Phi) is 6.42. The number of hydrogen-bond acceptors (Lipinski definition) is 3. The molecule has 33 heavy (non-hydrogen) atoms. The summed E-state index contributed by atoms with van der Waals surface area (Å²) in [6.45, 7) is 11.3. The molecule has 3 saturated carbocycles. The lowest BCUT2D eigenvalue weighted by molar-refractivity contribution is -0.0770. The minimum absolute atomic E-state index is 0. The van der Waals surface area contributed by atoms with Crippen molar-refractivity contribution in [2.24, 2.45) is 46.7 Å². The van der Waals surface area contributed by atoms with Gasteiger partial charge in [-0.25, -0.2) is 0 Å². The molecule has 4 aliphatic carbocycles. The fourth-order valence-electron chi connectivity index (χ4n) is 10.2. The summed E-state index contributed by atoms with van der Waals surface area (Å²) in [5.41, 5.74) is 10.6. The highest BCUT2D eigenvalue weighted by Gasteiger charge is 2.59. The van der Waals surface area contributed by atoms with Gasteiger partial charge in [0.05, 0.1) is 11.7 Å². The second kappa shape index (κ2) is 8.57. The number of allylic oxidation sites excluding steroid dienone is 1. The van der Waals surface area contributed by atoms with E-state index in [-0.39, 0.29) is 13.0 Å². The third-order valence-electron chi connectivity index (χ3n) is 11.8. The highest BCUT2D eigenvalue weighted by atomic mass is 31.0. The molecule has 0 radical (unpaired) electrons. The number of ether oxygens (including phenoxy) is 1. The van der Waals surface area contributed by atoms with Gasteiger partial charge in [-0.15, -0.1) is 0 Å². The van der Waals surface area contributed by atoms with Gasteiger partial charge in [-0.05, 0) is 106 Å². The predicted octanol–water partition coefficient (Wildman–Crippen LogP) is 6.58. The smallest absolute Gasteiger partial charge is 0.0765 e. The first kappa shape index (κ1) is 24.7. The molecule has 0 aromatic rings. The van der Waals surface area contributed by atoms with Crippen LogP contribution in [-0.4, -0.2) is 35.0 Å². The Labute approximate surface area is 206 Å². The first-order chi connectivity index (χ1) is 15.2. The molecule has 5 fully saturated rings. The molecule has 1 spiro atoms. The van der Waals surface area contributed by atoms with Crippen molar-refractivity contribution >= 4 is 9.39 Å². The summed E-state index contributed by atoms with van der Waals surface area (Å²) < 4.78 is 9.67. The highest BCUT2D eigenvalue weighted by Crippen LogP contribution is 2.65. The van der Waals surface area contributed by atoms with Crippen LogP contribution in [0.5, 0.6) is 0 Å². The molecule has 0 aromatic heterocycles. The Balaban J connectivity index is 0.00000228. The Hall–Kier alpha value is 0.0500. The number of nitrogens with zero attached hydrogens (tertiary/aromatic N) is 1. The SMILES string of the molecule is C.CC1=C2C[C@H]3[C@@H](CC[C@@H]4CC(N)CC[C@@]43C)[C@@H]2CC[C@@]2(C1)O[C@@H]1CC(C)CN(P)C1[C@H]2C. The van der Waals surface area contributed by atoms with E-state index in [0.29, 0.717) is 29.5 Å². The summed E-state index contributed by atoms with van der Waals surface area (Å²) in [5.74, 6) is 4.89. The van der Waals surface area contributed by atoms with E-state index >= 15 is 0 Å². The second-order valence-corrected chi connectivity index (χ2v) is 14.1. The number of nitrogens with two attached hydrogens (primary N) is 1. The average Bonchev–Trinajstić information content (AvgIpc) is 3.19. The normalized spacial score (nSPS) is 54.2. The largest absolute Gasteiger partial charge is 0.369 e. The van der Waals surface area contributed by atoms with E-state index in [1.165, 1.54) is 70.8 Å². The van der Waals surface area contributed by atoms with Crippen LogP contribution in [0.25, 0.3) is 0 Å². The summed E-state index contributed by atoms with van der Waals surface area (Å²) >= 11 is 0. The van der Waals surface area contributed by atoms with Crippen LogP contribution in [0, 0.1) is 40.9 Å². The zero-order valence-electron chi connectivity index (χ0n) is 21.0. The molecule has 4 heteroatoms. The van der Waals surface area contributed by atoms with E-state index < -0.39 is 0 Å². The number of hydrogen-bond donors (Lipinski definition) is 1. The fraction of sp³-hybridized carbons (Fsp3) is 0.931. The maximum atomic E-state index is 7.11. The molecule has 0 aromatic carbocycles. The van der Waals surface area contributed by atoms with Gasteiger partial charge < -0.3 is 10.5 Å². The van der Waals surface area contributed by atoms with Crippen LogP contribution in [0.15, 0.2) is 11.1 Å². The minimum atomic E-state index is 0. The third kappa shape index (κ3) is 3.65. The Morgan fingerprint density at radius 1 is 1.09 bits per heavy atom. The van der Waals surface area contributed by atoms with E-state index in [2.05, 4.69) is 41.8 Å². The zero-order chi connectivity index (χ0) is 22.4. The van der Waals surface area contributed by atoms with Gasteiger partial charge in [-0.1, -0.05) is 48.7 Å². The van der Waals surface area contributed by atoms with Crippen LogP contribution in [0.1, 0.15) is 99.3 Å². The molecular weight excluding hydrogens is 423 g/mol. The summed E-state index contributed by atoms with van der Waals surface area (Å²) in [5, 5.41) is 0. The van der Waals surface area contributed by atoms with Crippen LogP contribution >= 0.6 is 9.39 Å². The summed E-state index contributed by atoms with van der Waals surface area (Å²) in [7, 11) is 3.05. The molecule has 2 N–H and O–H groups in total. The van der Waals surface area contributed by atoms with Crippen molar-refractivity contribution in [3.63, 3.8) is 0 Å². The molecule has 188 valence electrons. The van der Waals surface area contributed by atoms with Crippen molar-refractivity contribution in [1.82, 2.24) is 4.67 Å². The van der Waals surface area contributed by atoms with E-state index in [9.17, 15) is 0 Å². The van der Waals surface area contributed by atoms with Crippen molar-refractivity contribution < 1.29 is 4.74 Å². The Bertz CT molecular complexity index is 798. The number of piperidine rings is 1. The van der Waals surface area contributed by atoms with Gasteiger partial charge in [0.2, 0.25) is 0 Å². The van der Waals surface area contributed by atoms with Gasteiger partial charge in [-0.3, -0.25) is 4.67 Å². The van der Waals surface area contributed by atoms with Gasteiger partial charge in [0.15, 0.2) is 0 Å². The van der Waals surface area contributed by atoms with E-state index in [1.807, 2.05) is 5.57 Å². The van der Waals surface area contributed by atoms with Crippen LogP contribution in [0.4, 0.5) is 0 Å². The molecule has 0 amide bonds. The Morgan fingerprint density at radius 3 is 2.67 bits per heavy atom. The molecular formula is C29H51N2OP. The minimum Gasteiger partial charge on any atom is -0.369 e. The molecule has 0 bridgehead atoms. The molecule has 3 nitrogen and oxygen atoms in total. The van der Waals surface area contributed by atoms with Crippen molar-refractivity contribution in [3.05, 3.63) is 11.1 Å². The topological polar surface area (TPSA) is 38.5 Å². The summed E-state index contributed by atoms with van der Waals surface area (Å²) in [4.78, 5) is 0. The van der Waals surface area contributed by atoms with Gasteiger partial charge in [0.25, 0.3) is 0 Å². The standard InChI is InChI=1S/C28H47N2OP.CH4/c1-16-11-25-26(30(32)15-16)18(3)28(31-25)10-8-21-22-6-5-19-12-20(29)7-9-27(19,4)24(22)13-23(21)17(2)14-28;/h16,18-22,24-26H,5-15,29,32H2,1-4H3;1H4/t16?,18-,19-,20?,21+,22+,24+,25-,26?,27+,28+;/m1./s1. The van der Waals surface area contributed by atoms with Crippen LogP contribution in [0.2, 0.25) is 0 Å². The molecule has 2 saturated heterocycles. The van der Waals surface area contributed by atoms with Crippen LogP contribution < -0.4 is 5.73 Å². The van der Waals surface area contributed by atoms with Crippen LogP contribution in [0.3, 0.4) is 0 Å². The van der Waals surface area contributed by atoms with Crippen LogP contribution in [-0.2, 0) is 4.74 Å². The lowest BCUT2D eigenvalue weighted by Gasteiger charge is -2.54. The van der Waals surface area contributed by atoms with E-state index in [0.717, 1.165) is 29.6 Å². The Morgan fingerprint density at radius 2 is 1.88 bits per heavy atom. The lowest BCUT2D eigenvalue weighted by atomic mass is 9.52. The number of rotatable bonds is 0. The van der Waals surface area contributed by atoms with Gasteiger partial charge in [0, 0.05) is 24.5 Å². The third-order valence-corrected chi connectivity index (χ3v) is 12.4. The van der Waals surface area contributed by atoms with E-state index in [4.69, 9.17) is 10.5 Å². The van der Waals surface area contributed by atoms with Crippen molar-refractivity contribution in [3.8, 4) is 0 Å². The number of fused-ring (bicyclic) bond motifs is 6. The molecule has 4 unspecified atom stereocenters. The fourth-order valence-corrected chi connectivity index (χ4v) is 11.0. The molecule has 6 aliphatic rings. The first-order valence-corrected chi connectivity index (χ1v) is 14.4. The maximum absolute atomic E-state index is 7.11. The quantitative estimate of drug-likeness (QED) is 0.318. The first-order valence-electron chi connectivity index (χ1n) is 13.8. The van der Waals surface area contributed by atoms with Gasteiger partial charge in [-0.2, -0.15) is 0 Å². The second-order valence-electron chi connectivity index (χ2n) is 13.5. The predicted molar refractivity (Wildman–Crippen MR) is 142 cm³/mol. The lowest BCUT2D eigenvalue weighted by Crippen LogP contribution is -2.48. The van der Waals surface area contributed by atoms with Crippen molar-refractivity contribution in [1.29, 1.82) is 0 Å². The molecule has 6 rings (SSSR count). The summed E-state index contributed by atoms with van der Waals surface area (Å²) in [6, 6.07) is 1.04. The van der Waals surface area contributed by atoms with Crippen molar-refractivity contribution in [2.75, 3.05) is 6.54 Å². The monoisotopic (exact) mass is 474 g/mol. The average molecular weight is 475 g/mol. The zero-order valence-corrected chi connectivity index (χ0v) is 22.1.